The molecule has 0 aromatic carbocycles. The molecule has 3 rings (SSSR count). The van der Waals surface area contributed by atoms with Crippen LogP contribution in [0.2, 0.25) is 0 Å². The topological polar surface area (TPSA) is 28.2 Å². The number of aryl methyl sites for hydroxylation is 2. The normalized spacial score (nSPS) is 11.3. The molecule has 0 aliphatic rings. The summed E-state index contributed by atoms with van der Waals surface area (Å²) in [5.41, 5.74) is 6.73. The zero-order valence-corrected chi connectivity index (χ0v) is 8.70. The van der Waals surface area contributed by atoms with E-state index in [9.17, 15) is 0 Å². The van der Waals surface area contributed by atoms with E-state index in [2.05, 4.69) is 30.4 Å². The van der Waals surface area contributed by atoms with E-state index in [1.54, 1.807) is 0 Å². The van der Waals surface area contributed by atoms with E-state index >= 15 is 0 Å². The van der Waals surface area contributed by atoms with Gasteiger partial charge < -0.3 is 4.40 Å². The largest absolute Gasteiger partial charge is 0.309 e. The molecule has 0 atom stereocenters. The predicted octanol–water partition coefficient (Wildman–Crippen LogP) is 3.02. The van der Waals surface area contributed by atoms with Gasteiger partial charge in [-0.15, -0.1) is 0 Å². The van der Waals surface area contributed by atoms with Gasteiger partial charge in [0.15, 0.2) is 0 Å². The van der Waals surface area contributed by atoms with Crippen LogP contribution in [0.25, 0.3) is 16.6 Å². The van der Waals surface area contributed by atoms with Crippen molar-refractivity contribution in [1.29, 1.82) is 5.26 Å². The molecule has 3 heterocycles. The lowest BCUT2D eigenvalue weighted by Gasteiger charge is -1.96. The molecule has 0 spiro atoms. The minimum atomic E-state index is 0.763. The molecular weight excluding hydrogens is 184 g/mol. The number of rotatable bonds is 0. The molecule has 0 bridgehead atoms. The minimum Gasteiger partial charge on any atom is -0.309 e. The molecule has 72 valence electrons. The molecule has 2 heteroatoms. The molecule has 0 fully saturated rings. The quantitative estimate of drug-likeness (QED) is 0.540. The van der Waals surface area contributed by atoms with E-state index < -0.39 is 0 Å². The first-order valence-corrected chi connectivity index (χ1v) is 4.97. The molecule has 0 N–H and O–H groups in total. The first kappa shape index (κ1) is 8.31. The third-order valence-corrected chi connectivity index (χ3v) is 3.24. The number of hydrogen-bond acceptors (Lipinski definition) is 1. The van der Waals surface area contributed by atoms with E-state index in [1.807, 2.05) is 18.2 Å². The van der Waals surface area contributed by atoms with Crippen LogP contribution >= 0.6 is 0 Å². The Morgan fingerprint density at radius 3 is 2.47 bits per heavy atom. The Hall–Kier alpha value is -2.01. The van der Waals surface area contributed by atoms with Gasteiger partial charge in [0.05, 0.1) is 16.6 Å². The first-order valence-electron chi connectivity index (χ1n) is 4.97. The van der Waals surface area contributed by atoms with Gasteiger partial charge in [0, 0.05) is 5.52 Å². The summed E-state index contributed by atoms with van der Waals surface area (Å²) in [5.74, 6) is 0. The maximum atomic E-state index is 9.04. The van der Waals surface area contributed by atoms with Crippen LogP contribution in [0.5, 0.6) is 0 Å². The van der Waals surface area contributed by atoms with E-state index in [1.165, 1.54) is 16.6 Å². The van der Waals surface area contributed by atoms with E-state index in [0.717, 1.165) is 16.6 Å². The molecule has 0 aliphatic heterocycles. The van der Waals surface area contributed by atoms with Crippen LogP contribution in [0.1, 0.15) is 16.7 Å². The number of pyridine rings is 1. The van der Waals surface area contributed by atoms with Crippen molar-refractivity contribution in [1.82, 2.24) is 4.40 Å². The van der Waals surface area contributed by atoms with Crippen molar-refractivity contribution in [3.63, 3.8) is 0 Å². The second kappa shape index (κ2) is 2.52. The lowest BCUT2D eigenvalue weighted by atomic mass is 10.1. The Labute approximate surface area is 87.7 Å². The van der Waals surface area contributed by atoms with Crippen molar-refractivity contribution in [2.75, 3.05) is 0 Å². The average molecular weight is 194 g/mol. The van der Waals surface area contributed by atoms with Crippen molar-refractivity contribution < 1.29 is 0 Å². The van der Waals surface area contributed by atoms with Gasteiger partial charge in [-0.1, -0.05) is 6.07 Å². The molecular formula is C13H10N2. The highest BCUT2D eigenvalue weighted by atomic mass is 14.9. The maximum Gasteiger partial charge on any atom is 0.101 e. The molecule has 0 saturated heterocycles. The van der Waals surface area contributed by atoms with Gasteiger partial charge in [0.1, 0.15) is 6.07 Å². The Morgan fingerprint density at radius 2 is 1.73 bits per heavy atom. The molecule has 3 aromatic heterocycles. The molecule has 0 amide bonds. The minimum absolute atomic E-state index is 0.763. The predicted molar refractivity (Wildman–Crippen MR) is 60.3 cm³/mol. The molecule has 0 radical (unpaired) electrons. The smallest absolute Gasteiger partial charge is 0.101 e. The summed E-state index contributed by atoms with van der Waals surface area (Å²) in [7, 11) is 0. The molecule has 15 heavy (non-hydrogen) atoms. The summed E-state index contributed by atoms with van der Waals surface area (Å²) < 4.78 is 2.17. The summed E-state index contributed by atoms with van der Waals surface area (Å²) in [6.45, 7) is 4.24. The Kier molecular flexibility index (Phi) is 1.39. The fraction of sp³-hybridized carbons (Fsp3) is 0.154. The van der Waals surface area contributed by atoms with E-state index in [-0.39, 0.29) is 0 Å². The van der Waals surface area contributed by atoms with Gasteiger partial charge in [-0.2, -0.15) is 5.26 Å². The second-order valence-corrected chi connectivity index (χ2v) is 3.94. The van der Waals surface area contributed by atoms with E-state index in [0.29, 0.717) is 0 Å². The molecule has 0 unspecified atom stereocenters. The summed E-state index contributed by atoms with van der Waals surface area (Å²) in [6, 6.07) is 10.3. The monoisotopic (exact) mass is 194 g/mol. The van der Waals surface area contributed by atoms with Gasteiger partial charge in [-0.25, -0.2) is 0 Å². The van der Waals surface area contributed by atoms with Gasteiger partial charge in [-0.3, -0.25) is 0 Å². The van der Waals surface area contributed by atoms with Crippen LogP contribution in [0, 0.1) is 25.2 Å². The van der Waals surface area contributed by atoms with Crippen LogP contribution in [-0.2, 0) is 0 Å². The SMILES string of the molecule is Cc1c(C)c2cc(C#N)c3cccc1n32. The fourth-order valence-electron chi connectivity index (χ4n) is 2.30. The van der Waals surface area contributed by atoms with Gasteiger partial charge >= 0.3 is 0 Å². The Morgan fingerprint density at radius 1 is 1.07 bits per heavy atom. The highest BCUT2D eigenvalue weighted by Crippen LogP contribution is 2.29. The van der Waals surface area contributed by atoms with Crippen LogP contribution in [0.4, 0.5) is 0 Å². The van der Waals surface area contributed by atoms with Gasteiger partial charge in [-0.05, 0) is 43.2 Å². The number of nitriles is 1. The van der Waals surface area contributed by atoms with Crippen molar-refractivity contribution in [3.05, 3.63) is 41.0 Å². The lowest BCUT2D eigenvalue weighted by Crippen LogP contribution is -1.82. The first-order chi connectivity index (χ1) is 7.24. The fourth-order valence-corrected chi connectivity index (χ4v) is 2.30. The third-order valence-electron chi connectivity index (χ3n) is 3.24. The molecule has 0 saturated carbocycles. The number of nitrogens with zero attached hydrogens (tertiary/aromatic N) is 2. The molecule has 3 aromatic rings. The Bertz CT molecular complexity index is 698. The number of hydrogen-bond donors (Lipinski definition) is 0. The second-order valence-electron chi connectivity index (χ2n) is 3.94. The van der Waals surface area contributed by atoms with Crippen LogP contribution in [0.15, 0.2) is 24.3 Å². The van der Waals surface area contributed by atoms with Crippen LogP contribution < -0.4 is 0 Å². The Balaban J connectivity index is 2.71. The summed E-state index contributed by atoms with van der Waals surface area (Å²) >= 11 is 0. The summed E-state index contributed by atoms with van der Waals surface area (Å²) in [4.78, 5) is 0. The van der Waals surface area contributed by atoms with Crippen molar-refractivity contribution in [2.45, 2.75) is 13.8 Å². The van der Waals surface area contributed by atoms with E-state index in [4.69, 9.17) is 5.26 Å². The zero-order valence-electron chi connectivity index (χ0n) is 8.70. The average Bonchev–Trinajstić information content (AvgIpc) is 2.75. The third kappa shape index (κ3) is 0.829. The lowest BCUT2D eigenvalue weighted by molar-refractivity contribution is 1.33. The molecule has 0 aliphatic carbocycles. The van der Waals surface area contributed by atoms with Crippen molar-refractivity contribution >= 4 is 16.6 Å². The summed E-state index contributed by atoms with van der Waals surface area (Å²) in [5, 5.41) is 9.04. The van der Waals surface area contributed by atoms with Crippen molar-refractivity contribution in [3.8, 4) is 6.07 Å². The van der Waals surface area contributed by atoms with Gasteiger partial charge in [0.2, 0.25) is 0 Å². The number of aromatic nitrogens is 1. The zero-order chi connectivity index (χ0) is 10.6. The van der Waals surface area contributed by atoms with Crippen LogP contribution in [-0.4, -0.2) is 4.40 Å². The highest BCUT2D eigenvalue weighted by Gasteiger charge is 2.14. The van der Waals surface area contributed by atoms with Gasteiger partial charge in [0.25, 0.3) is 0 Å². The van der Waals surface area contributed by atoms with Crippen LogP contribution in [0.3, 0.4) is 0 Å². The summed E-state index contributed by atoms with van der Waals surface area (Å²) in [6.07, 6.45) is 0. The highest BCUT2D eigenvalue weighted by molar-refractivity contribution is 5.85. The van der Waals surface area contributed by atoms with Crippen molar-refractivity contribution in [2.24, 2.45) is 0 Å². The molecule has 2 nitrogen and oxygen atoms in total. The standard InChI is InChI=1S/C13H10N2/c1-8-9(2)13-6-10(7-14)12-5-3-4-11(8)15(12)13/h3-6H,1-2H3. The maximum absolute atomic E-state index is 9.04.